The van der Waals surface area contributed by atoms with Gasteiger partial charge in [-0.15, -0.1) is 23.4 Å². The Labute approximate surface area is 148 Å². The molecule has 1 aromatic carbocycles. The highest BCUT2D eigenvalue weighted by Crippen LogP contribution is 2.60. The number of halogens is 3. The SMILES string of the molecule is FC(F)(F)Oc1ccc(-c2nnc(C34CC5CC(CC(C5)C3)C4)o2)cc1. The van der Waals surface area contributed by atoms with E-state index in [1.807, 2.05) is 0 Å². The molecule has 4 aliphatic rings. The maximum absolute atomic E-state index is 12.3. The fraction of sp³-hybridized carbons (Fsp3) is 0.579. The van der Waals surface area contributed by atoms with Gasteiger partial charge in [0.15, 0.2) is 0 Å². The molecule has 4 bridgehead atoms. The van der Waals surface area contributed by atoms with Gasteiger partial charge in [0.05, 0.1) is 0 Å². The second-order valence-corrected chi connectivity index (χ2v) is 8.18. The fourth-order valence-electron chi connectivity index (χ4n) is 5.73. The van der Waals surface area contributed by atoms with Crippen molar-refractivity contribution in [1.29, 1.82) is 0 Å². The molecule has 1 heterocycles. The van der Waals surface area contributed by atoms with Crippen LogP contribution in [0.5, 0.6) is 5.75 Å². The highest BCUT2D eigenvalue weighted by molar-refractivity contribution is 5.54. The largest absolute Gasteiger partial charge is 0.573 e. The summed E-state index contributed by atoms with van der Waals surface area (Å²) in [5.41, 5.74) is 0.613. The summed E-state index contributed by atoms with van der Waals surface area (Å²) in [6, 6.07) is 5.55. The summed E-state index contributed by atoms with van der Waals surface area (Å²) in [4.78, 5) is 0. The molecule has 6 rings (SSSR count). The van der Waals surface area contributed by atoms with Crippen LogP contribution in [0.15, 0.2) is 28.7 Å². The van der Waals surface area contributed by atoms with Crippen LogP contribution in [0.25, 0.3) is 11.5 Å². The molecule has 0 unspecified atom stereocenters. The Morgan fingerprint density at radius 2 is 1.50 bits per heavy atom. The maximum Gasteiger partial charge on any atom is 0.573 e. The second-order valence-electron chi connectivity index (χ2n) is 8.18. The molecular formula is C19H19F3N2O2. The number of nitrogens with zero attached hydrogens (tertiary/aromatic N) is 2. The molecule has 26 heavy (non-hydrogen) atoms. The first-order valence-corrected chi connectivity index (χ1v) is 9.09. The van der Waals surface area contributed by atoms with Crippen molar-refractivity contribution in [2.24, 2.45) is 17.8 Å². The average molecular weight is 364 g/mol. The predicted molar refractivity (Wildman–Crippen MR) is 86.3 cm³/mol. The molecule has 0 amide bonds. The highest BCUT2D eigenvalue weighted by Gasteiger charge is 2.54. The quantitative estimate of drug-likeness (QED) is 0.760. The van der Waals surface area contributed by atoms with Gasteiger partial charge in [0, 0.05) is 11.0 Å². The Morgan fingerprint density at radius 1 is 0.923 bits per heavy atom. The van der Waals surface area contributed by atoms with Crippen LogP contribution in [0.2, 0.25) is 0 Å². The van der Waals surface area contributed by atoms with E-state index in [9.17, 15) is 13.2 Å². The highest BCUT2D eigenvalue weighted by atomic mass is 19.4. The van der Waals surface area contributed by atoms with Crippen LogP contribution in [-0.2, 0) is 5.41 Å². The van der Waals surface area contributed by atoms with E-state index in [4.69, 9.17) is 4.42 Å². The van der Waals surface area contributed by atoms with Gasteiger partial charge in [-0.3, -0.25) is 0 Å². The number of ether oxygens (including phenoxy) is 1. The van der Waals surface area contributed by atoms with Gasteiger partial charge in [-0.2, -0.15) is 0 Å². The zero-order chi connectivity index (χ0) is 17.9. The summed E-state index contributed by atoms with van der Waals surface area (Å²) >= 11 is 0. The van der Waals surface area contributed by atoms with E-state index in [1.54, 1.807) is 0 Å². The molecule has 4 fully saturated rings. The molecule has 4 nitrogen and oxygen atoms in total. The number of hydrogen-bond donors (Lipinski definition) is 0. The first-order chi connectivity index (χ1) is 12.4. The Morgan fingerprint density at radius 3 is 2.04 bits per heavy atom. The molecule has 0 N–H and O–H groups in total. The lowest BCUT2D eigenvalue weighted by atomic mass is 9.49. The van der Waals surface area contributed by atoms with Gasteiger partial charge in [-0.1, -0.05) is 0 Å². The lowest BCUT2D eigenvalue weighted by Crippen LogP contribution is -2.48. The van der Waals surface area contributed by atoms with E-state index in [-0.39, 0.29) is 11.2 Å². The van der Waals surface area contributed by atoms with Crippen molar-refractivity contribution in [3.8, 4) is 17.2 Å². The summed E-state index contributed by atoms with van der Waals surface area (Å²) in [7, 11) is 0. The third kappa shape index (κ3) is 2.77. The first-order valence-electron chi connectivity index (χ1n) is 9.09. The first kappa shape index (κ1) is 16.1. The molecule has 0 atom stereocenters. The fourth-order valence-corrected chi connectivity index (χ4v) is 5.73. The molecule has 0 radical (unpaired) electrons. The van der Waals surface area contributed by atoms with Crippen molar-refractivity contribution in [3.63, 3.8) is 0 Å². The Balaban J connectivity index is 1.39. The monoisotopic (exact) mass is 364 g/mol. The van der Waals surface area contributed by atoms with Crippen molar-refractivity contribution in [2.75, 3.05) is 0 Å². The van der Waals surface area contributed by atoms with Crippen LogP contribution >= 0.6 is 0 Å². The third-order valence-electron chi connectivity index (χ3n) is 6.25. The van der Waals surface area contributed by atoms with Crippen molar-refractivity contribution in [1.82, 2.24) is 10.2 Å². The molecular weight excluding hydrogens is 345 g/mol. The molecule has 4 aliphatic carbocycles. The second kappa shape index (κ2) is 5.47. The van der Waals surface area contributed by atoms with E-state index in [0.29, 0.717) is 17.3 Å². The summed E-state index contributed by atoms with van der Waals surface area (Å²) in [5.74, 6) is 3.12. The van der Waals surface area contributed by atoms with E-state index < -0.39 is 6.36 Å². The number of alkyl halides is 3. The van der Waals surface area contributed by atoms with Gasteiger partial charge in [0.25, 0.3) is 0 Å². The average Bonchev–Trinajstić information content (AvgIpc) is 3.03. The zero-order valence-corrected chi connectivity index (χ0v) is 14.1. The standard InChI is InChI=1S/C19H19F3N2O2/c20-19(21,22)26-15-3-1-14(2-4-15)16-23-24-17(25-16)18-8-11-5-12(9-18)7-13(6-11)10-18/h1-4,11-13H,5-10H2. The van der Waals surface area contributed by atoms with Gasteiger partial charge in [0.1, 0.15) is 5.75 Å². The summed E-state index contributed by atoms with van der Waals surface area (Å²) in [5, 5.41) is 8.50. The molecule has 1 aromatic heterocycles. The lowest BCUT2D eigenvalue weighted by molar-refractivity contribution is -0.274. The minimum atomic E-state index is -4.70. The molecule has 7 heteroatoms. The van der Waals surface area contributed by atoms with Crippen molar-refractivity contribution in [3.05, 3.63) is 30.2 Å². The number of rotatable bonds is 3. The molecule has 138 valence electrons. The normalized spacial score (nSPS) is 32.8. The van der Waals surface area contributed by atoms with Crippen molar-refractivity contribution >= 4 is 0 Å². The van der Waals surface area contributed by atoms with E-state index in [2.05, 4.69) is 14.9 Å². The van der Waals surface area contributed by atoms with E-state index in [1.165, 1.54) is 43.5 Å². The lowest BCUT2D eigenvalue weighted by Gasteiger charge is -2.55. The Bertz CT molecular complexity index is 778. The van der Waals surface area contributed by atoms with Crippen LogP contribution in [0.3, 0.4) is 0 Å². The van der Waals surface area contributed by atoms with Crippen LogP contribution in [0, 0.1) is 17.8 Å². The Hall–Kier alpha value is -2.05. The zero-order valence-electron chi connectivity index (χ0n) is 14.1. The minimum absolute atomic E-state index is 0.0132. The Kier molecular flexibility index (Phi) is 3.40. The molecule has 2 aromatic rings. The van der Waals surface area contributed by atoms with Crippen LogP contribution in [-0.4, -0.2) is 16.6 Å². The van der Waals surface area contributed by atoms with Gasteiger partial charge >= 0.3 is 6.36 Å². The van der Waals surface area contributed by atoms with Gasteiger partial charge in [-0.05, 0) is 80.5 Å². The van der Waals surface area contributed by atoms with Gasteiger partial charge < -0.3 is 9.15 Å². The molecule has 0 spiro atoms. The summed E-state index contributed by atoms with van der Waals surface area (Å²) in [6.07, 6.45) is 2.68. The summed E-state index contributed by atoms with van der Waals surface area (Å²) < 4.78 is 46.7. The van der Waals surface area contributed by atoms with E-state index in [0.717, 1.165) is 37.0 Å². The van der Waals surface area contributed by atoms with Crippen LogP contribution < -0.4 is 4.74 Å². The van der Waals surface area contributed by atoms with Crippen LogP contribution in [0.4, 0.5) is 13.2 Å². The number of aromatic nitrogens is 2. The topological polar surface area (TPSA) is 48.2 Å². The van der Waals surface area contributed by atoms with Gasteiger partial charge in [-0.25, -0.2) is 0 Å². The minimum Gasteiger partial charge on any atom is -0.420 e. The summed E-state index contributed by atoms with van der Waals surface area (Å²) in [6.45, 7) is 0. The maximum atomic E-state index is 12.3. The van der Waals surface area contributed by atoms with Gasteiger partial charge in [0.2, 0.25) is 11.8 Å². The smallest absolute Gasteiger partial charge is 0.420 e. The number of hydrogen-bond acceptors (Lipinski definition) is 4. The third-order valence-corrected chi connectivity index (χ3v) is 6.25. The number of benzene rings is 1. The molecule has 0 saturated heterocycles. The van der Waals surface area contributed by atoms with Crippen LogP contribution in [0.1, 0.15) is 44.4 Å². The van der Waals surface area contributed by atoms with E-state index >= 15 is 0 Å². The molecule has 0 aliphatic heterocycles. The molecule has 4 saturated carbocycles. The predicted octanol–water partition coefficient (Wildman–Crippen LogP) is 5.10. The van der Waals surface area contributed by atoms with Crippen molar-refractivity contribution < 1.29 is 22.3 Å². The van der Waals surface area contributed by atoms with Crippen molar-refractivity contribution in [2.45, 2.75) is 50.3 Å².